The third-order valence-corrected chi connectivity index (χ3v) is 6.91. The molecule has 36 heavy (non-hydrogen) atoms. The van der Waals surface area contributed by atoms with Crippen LogP contribution in [0.5, 0.6) is 5.75 Å². The lowest BCUT2D eigenvalue weighted by molar-refractivity contribution is -0.140. The molecule has 0 saturated heterocycles. The summed E-state index contributed by atoms with van der Waals surface area (Å²) >= 11 is 0. The van der Waals surface area contributed by atoms with E-state index in [-0.39, 0.29) is 30.6 Å². The summed E-state index contributed by atoms with van der Waals surface area (Å²) in [5, 5.41) is 2.87. The average Bonchev–Trinajstić information content (AvgIpc) is 2.83. The van der Waals surface area contributed by atoms with E-state index in [1.165, 1.54) is 12.0 Å². The van der Waals surface area contributed by atoms with Gasteiger partial charge in [-0.15, -0.1) is 0 Å². The summed E-state index contributed by atoms with van der Waals surface area (Å²) < 4.78 is 58.2. The molecule has 0 aliphatic heterocycles. The number of hydrogen-bond donors (Lipinski definition) is 1. The van der Waals surface area contributed by atoms with E-state index in [1.807, 2.05) is 13.8 Å². The number of anilines is 1. The predicted octanol–water partition coefficient (Wildman–Crippen LogP) is 3.46. The third kappa shape index (κ3) is 7.64. The molecular weight excluding hydrogens is 492 g/mol. The minimum absolute atomic E-state index is 0.0185. The van der Waals surface area contributed by atoms with E-state index in [9.17, 15) is 26.8 Å². The van der Waals surface area contributed by atoms with Crippen molar-refractivity contribution in [1.82, 2.24) is 10.2 Å². The Morgan fingerprint density at radius 1 is 1.03 bits per heavy atom. The predicted molar refractivity (Wildman–Crippen MR) is 134 cm³/mol. The van der Waals surface area contributed by atoms with Gasteiger partial charge in [0.2, 0.25) is 21.8 Å². The van der Waals surface area contributed by atoms with Gasteiger partial charge in [0.1, 0.15) is 18.3 Å². The van der Waals surface area contributed by atoms with Crippen molar-refractivity contribution in [3.8, 4) is 5.75 Å². The first kappa shape index (κ1) is 29.0. The maximum Gasteiger partial charge on any atom is 0.244 e. The lowest BCUT2D eigenvalue weighted by Gasteiger charge is -2.33. The Bertz CT molecular complexity index is 1160. The SMILES string of the molecule is CC[C@@H](C)NC(=O)[C@@H](CC)N(Cc1ccc(OC)cc1)C(=O)CN(c1ccc(F)c(F)c1)S(C)(=O)=O. The first-order chi connectivity index (χ1) is 16.9. The fraction of sp³-hybridized carbons (Fsp3) is 0.440. The molecule has 2 amide bonds. The molecule has 2 rings (SSSR count). The van der Waals surface area contributed by atoms with Crippen LogP contribution in [0, 0.1) is 11.6 Å². The zero-order chi connectivity index (χ0) is 27.0. The zero-order valence-electron chi connectivity index (χ0n) is 21.1. The number of sulfonamides is 1. The number of methoxy groups -OCH3 is 1. The molecule has 2 aromatic rings. The molecule has 0 bridgehead atoms. The Morgan fingerprint density at radius 2 is 1.67 bits per heavy atom. The maximum atomic E-state index is 13.9. The van der Waals surface area contributed by atoms with E-state index in [0.717, 1.165) is 18.4 Å². The summed E-state index contributed by atoms with van der Waals surface area (Å²) in [6.45, 7) is 4.82. The first-order valence-electron chi connectivity index (χ1n) is 11.6. The van der Waals surface area contributed by atoms with E-state index in [2.05, 4.69) is 5.32 Å². The highest BCUT2D eigenvalue weighted by Gasteiger charge is 2.32. The second-order valence-electron chi connectivity index (χ2n) is 8.48. The number of benzene rings is 2. The summed E-state index contributed by atoms with van der Waals surface area (Å²) in [7, 11) is -2.53. The largest absolute Gasteiger partial charge is 0.497 e. The number of ether oxygens (including phenoxy) is 1. The van der Waals surface area contributed by atoms with Crippen molar-refractivity contribution in [3.63, 3.8) is 0 Å². The number of carbonyl (C=O) groups is 2. The fourth-order valence-corrected chi connectivity index (χ4v) is 4.38. The summed E-state index contributed by atoms with van der Waals surface area (Å²) in [6.07, 6.45) is 1.82. The molecule has 8 nitrogen and oxygen atoms in total. The highest BCUT2D eigenvalue weighted by atomic mass is 32.2. The smallest absolute Gasteiger partial charge is 0.244 e. The molecular formula is C25H33F2N3O5S. The molecule has 0 aliphatic carbocycles. The first-order valence-corrected chi connectivity index (χ1v) is 13.4. The summed E-state index contributed by atoms with van der Waals surface area (Å²) in [4.78, 5) is 27.9. The summed E-state index contributed by atoms with van der Waals surface area (Å²) in [5.74, 6) is -2.82. The quantitative estimate of drug-likeness (QED) is 0.458. The molecule has 1 N–H and O–H groups in total. The Hall–Kier alpha value is -3.21. The average molecular weight is 526 g/mol. The number of halogens is 2. The van der Waals surface area contributed by atoms with E-state index < -0.39 is 40.2 Å². The van der Waals surface area contributed by atoms with Crippen LogP contribution in [0.25, 0.3) is 0 Å². The number of carbonyl (C=O) groups excluding carboxylic acids is 2. The van der Waals surface area contributed by atoms with Crippen molar-refractivity contribution in [2.45, 2.75) is 52.2 Å². The Labute approximate surface area is 211 Å². The van der Waals surface area contributed by atoms with Gasteiger partial charge < -0.3 is 15.0 Å². The molecule has 0 saturated carbocycles. The number of hydrogen-bond acceptors (Lipinski definition) is 5. The van der Waals surface area contributed by atoms with Crippen LogP contribution in [0.15, 0.2) is 42.5 Å². The molecule has 11 heteroatoms. The third-order valence-electron chi connectivity index (χ3n) is 5.77. The molecule has 2 atom stereocenters. The van der Waals surface area contributed by atoms with Crippen molar-refractivity contribution < 1.29 is 31.5 Å². The van der Waals surface area contributed by atoms with Crippen LogP contribution < -0.4 is 14.4 Å². The van der Waals surface area contributed by atoms with Gasteiger partial charge in [-0.3, -0.25) is 13.9 Å². The van der Waals surface area contributed by atoms with Crippen LogP contribution in [0.4, 0.5) is 14.5 Å². The lowest BCUT2D eigenvalue weighted by atomic mass is 10.1. The number of nitrogens with one attached hydrogen (secondary N) is 1. The van der Waals surface area contributed by atoms with Crippen LogP contribution in [0.3, 0.4) is 0 Å². The van der Waals surface area contributed by atoms with E-state index in [1.54, 1.807) is 31.2 Å². The second-order valence-corrected chi connectivity index (χ2v) is 10.4. The number of nitrogens with zero attached hydrogens (tertiary/aromatic N) is 2. The van der Waals surface area contributed by atoms with Gasteiger partial charge in [0, 0.05) is 18.7 Å². The molecule has 0 radical (unpaired) electrons. The van der Waals surface area contributed by atoms with Crippen LogP contribution in [-0.4, -0.2) is 57.1 Å². The zero-order valence-corrected chi connectivity index (χ0v) is 21.9. The molecule has 0 spiro atoms. The van der Waals surface area contributed by atoms with Gasteiger partial charge >= 0.3 is 0 Å². The molecule has 0 unspecified atom stereocenters. The van der Waals surface area contributed by atoms with Crippen LogP contribution in [-0.2, 0) is 26.2 Å². The molecule has 0 heterocycles. The van der Waals surface area contributed by atoms with Crippen LogP contribution in [0.2, 0.25) is 0 Å². The van der Waals surface area contributed by atoms with Crippen molar-refractivity contribution >= 4 is 27.5 Å². The molecule has 2 aromatic carbocycles. The van der Waals surface area contributed by atoms with Crippen molar-refractivity contribution in [3.05, 3.63) is 59.7 Å². The minimum Gasteiger partial charge on any atom is -0.497 e. The lowest BCUT2D eigenvalue weighted by Crippen LogP contribution is -2.53. The van der Waals surface area contributed by atoms with Gasteiger partial charge in [0.15, 0.2) is 11.6 Å². The summed E-state index contributed by atoms with van der Waals surface area (Å²) in [5.41, 5.74) is 0.490. The monoisotopic (exact) mass is 525 g/mol. The van der Waals surface area contributed by atoms with E-state index >= 15 is 0 Å². The maximum absolute atomic E-state index is 13.9. The van der Waals surface area contributed by atoms with Gasteiger partial charge in [-0.2, -0.15) is 0 Å². The minimum atomic E-state index is -4.05. The van der Waals surface area contributed by atoms with E-state index in [4.69, 9.17) is 4.74 Å². The number of amides is 2. The van der Waals surface area contributed by atoms with Crippen molar-refractivity contribution in [2.24, 2.45) is 0 Å². The number of rotatable bonds is 12. The van der Waals surface area contributed by atoms with Gasteiger partial charge in [-0.05, 0) is 49.6 Å². The van der Waals surface area contributed by atoms with Gasteiger partial charge in [0.25, 0.3) is 0 Å². The topological polar surface area (TPSA) is 96.0 Å². The Morgan fingerprint density at radius 3 is 2.17 bits per heavy atom. The van der Waals surface area contributed by atoms with Crippen molar-refractivity contribution in [2.75, 3.05) is 24.2 Å². The van der Waals surface area contributed by atoms with Crippen molar-refractivity contribution in [1.29, 1.82) is 0 Å². The standard InChI is InChI=1S/C25H33F2N3O5S/c1-6-17(3)28-25(32)23(7-2)29(15-18-8-11-20(35-4)12-9-18)24(31)16-30(36(5,33)34)19-10-13-21(26)22(27)14-19/h8-14,17,23H,6-7,15-16H2,1-5H3,(H,28,32)/t17-,23-/m1/s1. The molecule has 0 aromatic heterocycles. The van der Waals surface area contributed by atoms with E-state index in [0.29, 0.717) is 28.1 Å². The molecule has 198 valence electrons. The Kier molecular flexibility index (Phi) is 10.2. The van der Waals surface area contributed by atoms with Gasteiger partial charge in [-0.25, -0.2) is 17.2 Å². The fourth-order valence-electron chi connectivity index (χ4n) is 3.54. The molecule has 0 aliphatic rings. The highest BCUT2D eigenvalue weighted by Crippen LogP contribution is 2.22. The van der Waals surface area contributed by atoms with Crippen LogP contribution in [0.1, 0.15) is 39.2 Å². The molecule has 0 fully saturated rings. The van der Waals surface area contributed by atoms with Gasteiger partial charge in [-0.1, -0.05) is 26.0 Å². The van der Waals surface area contributed by atoms with Gasteiger partial charge in [0.05, 0.1) is 19.1 Å². The summed E-state index contributed by atoms with van der Waals surface area (Å²) in [6, 6.07) is 8.46. The normalized spacial score (nSPS) is 13.0. The van der Waals surface area contributed by atoms with Crippen LogP contribution >= 0.6 is 0 Å². The highest BCUT2D eigenvalue weighted by molar-refractivity contribution is 7.92. The second kappa shape index (κ2) is 12.7. The Balaban J connectivity index is 2.45.